The van der Waals surface area contributed by atoms with Crippen LogP contribution in [0.3, 0.4) is 0 Å². The van der Waals surface area contributed by atoms with Crippen LogP contribution in [-0.2, 0) is 6.42 Å². The number of halogens is 1. The minimum Gasteiger partial charge on any atom is -0.371 e. The van der Waals surface area contributed by atoms with E-state index in [0.29, 0.717) is 6.04 Å². The Morgan fingerprint density at radius 2 is 1.74 bits per heavy atom. The van der Waals surface area contributed by atoms with Gasteiger partial charge in [-0.1, -0.05) is 24.3 Å². The second-order valence-corrected chi connectivity index (χ2v) is 8.71. The standard InChI is InChI=1S/C24H27FN2/c1-16(2)26-12-21-14-27(15-22(21)13-26)24-5-3-4-17(11-24)19-8-18-6-7-23(25)10-20(18)9-19/h3-7,9-11,16,21-22H,8,12-15H2,1-2H3. The van der Waals surface area contributed by atoms with Gasteiger partial charge in [-0.3, -0.25) is 0 Å². The van der Waals surface area contributed by atoms with Gasteiger partial charge in [0.05, 0.1) is 0 Å². The van der Waals surface area contributed by atoms with Crippen LogP contribution in [0.1, 0.15) is 30.5 Å². The van der Waals surface area contributed by atoms with E-state index >= 15 is 0 Å². The van der Waals surface area contributed by atoms with Crippen LogP contribution >= 0.6 is 0 Å². The van der Waals surface area contributed by atoms with Crippen molar-refractivity contribution in [3.05, 3.63) is 65.0 Å². The molecule has 0 aromatic heterocycles. The molecule has 140 valence electrons. The highest BCUT2D eigenvalue weighted by molar-refractivity contribution is 5.89. The van der Waals surface area contributed by atoms with E-state index in [0.717, 1.165) is 23.8 Å². The van der Waals surface area contributed by atoms with Gasteiger partial charge in [0.15, 0.2) is 0 Å². The normalized spacial score (nSPS) is 24.4. The van der Waals surface area contributed by atoms with E-state index in [9.17, 15) is 4.39 Å². The van der Waals surface area contributed by atoms with Crippen molar-refractivity contribution in [3.63, 3.8) is 0 Å². The van der Waals surface area contributed by atoms with E-state index in [4.69, 9.17) is 0 Å². The third-order valence-electron chi connectivity index (χ3n) is 6.65. The largest absolute Gasteiger partial charge is 0.371 e. The number of hydrogen-bond donors (Lipinski definition) is 0. The van der Waals surface area contributed by atoms with Crippen molar-refractivity contribution >= 4 is 17.3 Å². The van der Waals surface area contributed by atoms with Crippen LogP contribution in [-0.4, -0.2) is 37.1 Å². The lowest BCUT2D eigenvalue weighted by molar-refractivity contribution is 0.258. The fourth-order valence-electron chi connectivity index (χ4n) is 5.05. The molecule has 3 heteroatoms. The lowest BCUT2D eigenvalue weighted by atomic mass is 10.0. The average molecular weight is 362 g/mol. The number of benzene rings is 2. The van der Waals surface area contributed by atoms with E-state index in [-0.39, 0.29) is 5.82 Å². The molecule has 1 aliphatic carbocycles. The van der Waals surface area contributed by atoms with Gasteiger partial charge in [0.25, 0.3) is 0 Å². The molecule has 2 fully saturated rings. The SMILES string of the molecule is CC(C)N1CC2CN(c3cccc(C4=Cc5cc(F)ccc5C4)c3)CC2C1. The number of likely N-dealkylation sites (tertiary alicyclic amines) is 1. The summed E-state index contributed by atoms with van der Waals surface area (Å²) in [7, 11) is 0. The van der Waals surface area contributed by atoms with Crippen molar-refractivity contribution in [2.75, 3.05) is 31.1 Å². The predicted octanol–water partition coefficient (Wildman–Crippen LogP) is 4.70. The number of anilines is 1. The number of hydrogen-bond acceptors (Lipinski definition) is 2. The first-order valence-corrected chi connectivity index (χ1v) is 10.2. The van der Waals surface area contributed by atoms with Crippen molar-refractivity contribution in [2.24, 2.45) is 11.8 Å². The molecule has 5 rings (SSSR count). The van der Waals surface area contributed by atoms with Crippen LogP contribution in [0, 0.1) is 17.7 Å². The molecule has 2 atom stereocenters. The van der Waals surface area contributed by atoms with Gasteiger partial charge in [-0.05, 0) is 78.6 Å². The van der Waals surface area contributed by atoms with Crippen molar-refractivity contribution in [3.8, 4) is 0 Å². The van der Waals surface area contributed by atoms with E-state index in [1.54, 1.807) is 12.1 Å². The van der Waals surface area contributed by atoms with Crippen molar-refractivity contribution in [2.45, 2.75) is 26.3 Å². The van der Waals surface area contributed by atoms with Crippen LogP contribution in [0.5, 0.6) is 0 Å². The van der Waals surface area contributed by atoms with Crippen LogP contribution in [0.4, 0.5) is 10.1 Å². The Morgan fingerprint density at radius 1 is 0.963 bits per heavy atom. The van der Waals surface area contributed by atoms with Crippen LogP contribution in [0.2, 0.25) is 0 Å². The zero-order valence-corrected chi connectivity index (χ0v) is 16.2. The maximum absolute atomic E-state index is 13.5. The van der Waals surface area contributed by atoms with Crippen LogP contribution in [0.15, 0.2) is 42.5 Å². The minimum absolute atomic E-state index is 0.154. The van der Waals surface area contributed by atoms with Gasteiger partial charge in [0, 0.05) is 37.9 Å². The molecule has 3 aliphatic rings. The Labute approximate surface area is 161 Å². The van der Waals surface area contributed by atoms with Gasteiger partial charge in [0.2, 0.25) is 0 Å². The first-order valence-electron chi connectivity index (χ1n) is 10.2. The molecular formula is C24H27FN2. The monoisotopic (exact) mass is 362 g/mol. The Kier molecular flexibility index (Phi) is 4.08. The number of fused-ring (bicyclic) bond motifs is 2. The zero-order valence-electron chi connectivity index (χ0n) is 16.2. The van der Waals surface area contributed by atoms with Crippen molar-refractivity contribution < 1.29 is 4.39 Å². The van der Waals surface area contributed by atoms with E-state index < -0.39 is 0 Å². The summed E-state index contributed by atoms with van der Waals surface area (Å²) in [6.07, 6.45) is 3.05. The molecule has 2 saturated heterocycles. The molecule has 2 heterocycles. The van der Waals surface area contributed by atoms with E-state index in [1.807, 2.05) is 6.07 Å². The summed E-state index contributed by atoms with van der Waals surface area (Å²) < 4.78 is 13.5. The molecular weight excluding hydrogens is 335 g/mol. The average Bonchev–Trinajstić information content (AvgIpc) is 3.33. The summed E-state index contributed by atoms with van der Waals surface area (Å²) in [5, 5.41) is 0. The quantitative estimate of drug-likeness (QED) is 0.781. The fourth-order valence-corrected chi connectivity index (χ4v) is 5.05. The molecule has 2 unspecified atom stereocenters. The molecule has 2 aromatic carbocycles. The summed E-state index contributed by atoms with van der Waals surface area (Å²) in [5.41, 5.74) is 6.15. The number of rotatable bonds is 3. The summed E-state index contributed by atoms with van der Waals surface area (Å²) in [4.78, 5) is 5.20. The molecule has 0 saturated carbocycles. The fraction of sp³-hybridized carbons (Fsp3) is 0.417. The molecule has 2 aliphatic heterocycles. The number of allylic oxidation sites excluding steroid dienone is 1. The van der Waals surface area contributed by atoms with Gasteiger partial charge in [-0.15, -0.1) is 0 Å². The third kappa shape index (κ3) is 3.08. The van der Waals surface area contributed by atoms with Crippen LogP contribution in [0.25, 0.3) is 11.6 Å². The van der Waals surface area contributed by atoms with E-state index in [1.165, 1.54) is 48.6 Å². The van der Waals surface area contributed by atoms with Crippen molar-refractivity contribution in [1.82, 2.24) is 4.90 Å². The highest BCUT2D eigenvalue weighted by Crippen LogP contribution is 2.37. The number of nitrogens with zero attached hydrogens (tertiary/aromatic N) is 2. The lowest BCUT2D eigenvalue weighted by Crippen LogP contribution is -2.33. The predicted molar refractivity (Wildman–Crippen MR) is 110 cm³/mol. The summed E-state index contributed by atoms with van der Waals surface area (Å²) in [6, 6.07) is 14.7. The minimum atomic E-state index is -0.154. The lowest BCUT2D eigenvalue weighted by Gasteiger charge is -2.25. The smallest absolute Gasteiger partial charge is 0.123 e. The molecule has 0 N–H and O–H groups in total. The Hall–Kier alpha value is -2.13. The van der Waals surface area contributed by atoms with Crippen molar-refractivity contribution in [1.29, 1.82) is 0 Å². The summed E-state index contributed by atoms with van der Waals surface area (Å²) >= 11 is 0. The highest BCUT2D eigenvalue weighted by atomic mass is 19.1. The topological polar surface area (TPSA) is 6.48 Å². The van der Waals surface area contributed by atoms with Gasteiger partial charge in [-0.25, -0.2) is 4.39 Å². The first kappa shape index (κ1) is 17.0. The molecule has 0 bridgehead atoms. The highest BCUT2D eigenvalue weighted by Gasteiger charge is 2.40. The molecule has 0 amide bonds. The summed E-state index contributed by atoms with van der Waals surface area (Å²) in [6.45, 7) is 9.43. The molecule has 27 heavy (non-hydrogen) atoms. The molecule has 2 aromatic rings. The van der Waals surface area contributed by atoms with Gasteiger partial charge < -0.3 is 9.80 Å². The first-order chi connectivity index (χ1) is 13.1. The Balaban J connectivity index is 1.34. The van der Waals surface area contributed by atoms with Gasteiger partial charge >= 0.3 is 0 Å². The Morgan fingerprint density at radius 3 is 2.48 bits per heavy atom. The summed E-state index contributed by atoms with van der Waals surface area (Å²) in [5.74, 6) is 1.45. The molecule has 0 spiro atoms. The van der Waals surface area contributed by atoms with E-state index in [2.05, 4.69) is 54.0 Å². The van der Waals surface area contributed by atoms with Crippen LogP contribution < -0.4 is 4.90 Å². The van der Waals surface area contributed by atoms with Gasteiger partial charge in [0.1, 0.15) is 5.82 Å². The molecule has 0 radical (unpaired) electrons. The Bertz CT molecular complexity index is 887. The zero-order chi connectivity index (χ0) is 18.5. The second-order valence-electron chi connectivity index (χ2n) is 8.71. The maximum atomic E-state index is 13.5. The maximum Gasteiger partial charge on any atom is 0.123 e. The second kappa shape index (κ2) is 6.49. The third-order valence-corrected chi connectivity index (χ3v) is 6.65. The van der Waals surface area contributed by atoms with Gasteiger partial charge in [-0.2, -0.15) is 0 Å². The molecule has 2 nitrogen and oxygen atoms in total.